The van der Waals surface area contributed by atoms with Crippen molar-refractivity contribution in [2.75, 3.05) is 19.5 Å². The molecule has 0 aliphatic rings. The zero-order chi connectivity index (χ0) is 15.3. The number of hydrogen-bond donors (Lipinski definition) is 1. The van der Waals surface area contributed by atoms with Crippen molar-refractivity contribution in [3.63, 3.8) is 0 Å². The number of carbonyl (C=O) groups excluding carboxylic acids is 1. The summed E-state index contributed by atoms with van der Waals surface area (Å²) in [5.41, 5.74) is 0.680. The summed E-state index contributed by atoms with van der Waals surface area (Å²) in [7, 11) is 3.15. The molecule has 0 atom stereocenters. The van der Waals surface area contributed by atoms with Gasteiger partial charge in [0, 0.05) is 23.8 Å². The Morgan fingerprint density at radius 3 is 2.05 bits per heavy atom. The highest BCUT2D eigenvalue weighted by Gasteiger charge is 2.20. The summed E-state index contributed by atoms with van der Waals surface area (Å²) >= 11 is 0. The maximum atomic E-state index is 12.3. The SMILES string of the molecule is COc1ccc(NC(=O)N(C(C)C)C(C)C)cc1OC. The average molecular weight is 280 g/mol. The molecule has 0 bridgehead atoms. The van der Waals surface area contributed by atoms with Gasteiger partial charge < -0.3 is 19.7 Å². The molecule has 0 radical (unpaired) electrons. The Morgan fingerprint density at radius 1 is 1.05 bits per heavy atom. The van der Waals surface area contributed by atoms with Crippen LogP contribution >= 0.6 is 0 Å². The molecule has 1 aromatic carbocycles. The Morgan fingerprint density at radius 2 is 1.60 bits per heavy atom. The third-order valence-corrected chi connectivity index (χ3v) is 2.98. The first-order chi connectivity index (χ1) is 9.40. The number of nitrogens with zero attached hydrogens (tertiary/aromatic N) is 1. The maximum Gasteiger partial charge on any atom is 0.322 e. The molecule has 0 heterocycles. The van der Waals surface area contributed by atoms with E-state index in [0.717, 1.165) is 0 Å². The van der Waals surface area contributed by atoms with Gasteiger partial charge in [-0.15, -0.1) is 0 Å². The van der Waals surface area contributed by atoms with Crippen molar-refractivity contribution >= 4 is 11.7 Å². The lowest BCUT2D eigenvalue weighted by molar-refractivity contribution is 0.178. The molecule has 1 rings (SSSR count). The summed E-state index contributed by atoms with van der Waals surface area (Å²) in [6.07, 6.45) is 0. The molecule has 5 nitrogen and oxygen atoms in total. The largest absolute Gasteiger partial charge is 0.493 e. The number of ether oxygens (including phenoxy) is 2. The molecular formula is C15H24N2O3. The second kappa shape index (κ2) is 7.03. The Labute approximate surface area is 120 Å². The number of amides is 2. The fraction of sp³-hybridized carbons (Fsp3) is 0.533. The zero-order valence-electron chi connectivity index (χ0n) is 13.1. The average Bonchev–Trinajstić information content (AvgIpc) is 2.37. The molecule has 0 aliphatic carbocycles. The van der Waals surface area contributed by atoms with E-state index < -0.39 is 0 Å². The van der Waals surface area contributed by atoms with Crippen LogP contribution in [-0.2, 0) is 0 Å². The summed E-state index contributed by atoms with van der Waals surface area (Å²) in [5.74, 6) is 1.22. The van der Waals surface area contributed by atoms with Gasteiger partial charge in [0.1, 0.15) is 0 Å². The van der Waals surface area contributed by atoms with E-state index in [9.17, 15) is 4.79 Å². The predicted molar refractivity (Wildman–Crippen MR) is 80.7 cm³/mol. The van der Waals surface area contributed by atoms with Crippen molar-refractivity contribution in [2.24, 2.45) is 0 Å². The van der Waals surface area contributed by atoms with Crippen molar-refractivity contribution in [1.29, 1.82) is 0 Å². The fourth-order valence-electron chi connectivity index (χ4n) is 2.17. The van der Waals surface area contributed by atoms with E-state index >= 15 is 0 Å². The zero-order valence-corrected chi connectivity index (χ0v) is 13.1. The lowest BCUT2D eigenvalue weighted by Crippen LogP contribution is -2.44. The van der Waals surface area contributed by atoms with E-state index in [2.05, 4.69) is 5.32 Å². The number of carbonyl (C=O) groups is 1. The van der Waals surface area contributed by atoms with Crippen molar-refractivity contribution in [3.05, 3.63) is 18.2 Å². The van der Waals surface area contributed by atoms with Crippen LogP contribution in [0.15, 0.2) is 18.2 Å². The minimum Gasteiger partial charge on any atom is -0.493 e. The van der Waals surface area contributed by atoms with Crippen LogP contribution in [0.4, 0.5) is 10.5 Å². The van der Waals surface area contributed by atoms with Crippen LogP contribution in [0, 0.1) is 0 Å². The van der Waals surface area contributed by atoms with Gasteiger partial charge in [0.25, 0.3) is 0 Å². The number of benzene rings is 1. The highest BCUT2D eigenvalue weighted by molar-refractivity contribution is 5.90. The number of urea groups is 1. The molecule has 112 valence electrons. The van der Waals surface area contributed by atoms with Crippen LogP contribution in [0.1, 0.15) is 27.7 Å². The van der Waals surface area contributed by atoms with Crippen LogP contribution in [-0.4, -0.2) is 37.2 Å². The van der Waals surface area contributed by atoms with Crippen LogP contribution in [0.2, 0.25) is 0 Å². The smallest absolute Gasteiger partial charge is 0.322 e. The summed E-state index contributed by atoms with van der Waals surface area (Å²) in [4.78, 5) is 14.1. The highest BCUT2D eigenvalue weighted by atomic mass is 16.5. The number of hydrogen-bond acceptors (Lipinski definition) is 3. The molecule has 0 spiro atoms. The molecule has 5 heteroatoms. The Hall–Kier alpha value is -1.91. The normalized spacial score (nSPS) is 10.6. The Bertz CT molecular complexity index is 450. The minimum absolute atomic E-state index is 0.123. The van der Waals surface area contributed by atoms with Gasteiger partial charge in [-0.25, -0.2) is 4.79 Å². The Kier molecular flexibility index (Phi) is 5.67. The lowest BCUT2D eigenvalue weighted by Gasteiger charge is -2.30. The number of nitrogens with one attached hydrogen (secondary N) is 1. The van der Waals surface area contributed by atoms with E-state index in [-0.39, 0.29) is 18.1 Å². The minimum atomic E-state index is -0.123. The van der Waals surface area contributed by atoms with Crippen molar-refractivity contribution in [3.8, 4) is 11.5 Å². The molecule has 0 saturated carbocycles. The van der Waals surface area contributed by atoms with E-state index in [0.29, 0.717) is 17.2 Å². The maximum absolute atomic E-state index is 12.3. The highest BCUT2D eigenvalue weighted by Crippen LogP contribution is 2.29. The van der Waals surface area contributed by atoms with Crippen LogP contribution in [0.25, 0.3) is 0 Å². The lowest BCUT2D eigenvalue weighted by atomic mass is 10.2. The molecule has 0 unspecified atom stereocenters. The van der Waals surface area contributed by atoms with E-state index in [4.69, 9.17) is 9.47 Å². The van der Waals surface area contributed by atoms with Gasteiger partial charge in [-0.1, -0.05) is 0 Å². The van der Waals surface area contributed by atoms with Gasteiger partial charge in [-0.3, -0.25) is 0 Å². The van der Waals surface area contributed by atoms with Crippen LogP contribution in [0.5, 0.6) is 11.5 Å². The molecule has 0 saturated heterocycles. The third-order valence-electron chi connectivity index (χ3n) is 2.98. The van der Waals surface area contributed by atoms with E-state index in [1.807, 2.05) is 27.7 Å². The molecule has 2 amide bonds. The van der Waals surface area contributed by atoms with Gasteiger partial charge in [-0.05, 0) is 39.8 Å². The predicted octanol–water partition coefficient (Wildman–Crippen LogP) is 3.35. The molecule has 0 aromatic heterocycles. The molecule has 0 aliphatic heterocycles. The van der Waals surface area contributed by atoms with Crippen molar-refractivity contribution in [2.45, 2.75) is 39.8 Å². The third kappa shape index (κ3) is 3.79. The Balaban J connectivity index is 2.90. The fourth-order valence-corrected chi connectivity index (χ4v) is 2.17. The van der Waals surface area contributed by atoms with Crippen molar-refractivity contribution < 1.29 is 14.3 Å². The monoisotopic (exact) mass is 280 g/mol. The van der Waals surface area contributed by atoms with E-state index in [1.165, 1.54) is 0 Å². The molecular weight excluding hydrogens is 256 g/mol. The molecule has 1 aromatic rings. The van der Waals surface area contributed by atoms with Gasteiger partial charge >= 0.3 is 6.03 Å². The molecule has 20 heavy (non-hydrogen) atoms. The summed E-state index contributed by atoms with van der Waals surface area (Å²) < 4.78 is 10.4. The standard InChI is InChI=1S/C15H24N2O3/c1-10(2)17(11(3)4)15(18)16-12-7-8-13(19-5)14(9-12)20-6/h7-11H,1-6H3,(H,16,18). The van der Waals surface area contributed by atoms with Gasteiger partial charge in [0.05, 0.1) is 14.2 Å². The van der Waals surface area contributed by atoms with Gasteiger partial charge in [0.2, 0.25) is 0 Å². The van der Waals surface area contributed by atoms with Crippen molar-refractivity contribution in [1.82, 2.24) is 4.90 Å². The summed E-state index contributed by atoms with van der Waals surface area (Å²) in [6, 6.07) is 5.45. The van der Waals surface area contributed by atoms with Gasteiger partial charge in [-0.2, -0.15) is 0 Å². The van der Waals surface area contributed by atoms with Gasteiger partial charge in [0.15, 0.2) is 11.5 Å². The quantitative estimate of drug-likeness (QED) is 0.899. The summed E-state index contributed by atoms with van der Waals surface area (Å²) in [5, 5.41) is 2.88. The summed E-state index contributed by atoms with van der Waals surface area (Å²) in [6.45, 7) is 7.98. The second-order valence-electron chi connectivity index (χ2n) is 5.09. The molecule has 1 N–H and O–H groups in total. The second-order valence-corrected chi connectivity index (χ2v) is 5.09. The first kappa shape index (κ1) is 16.1. The number of methoxy groups -OCH3 is 2. The molecule has 0 fully saturated rings. The topological polar surface area (TPSA) is 50.8 Å². The first-order valence-corrected chi connectivity index (χ1v) is 6.72. The number of anilines is 1. The van der Waals surface area contributed by atoms with E-state index in [1.54, 1.807) is 37.3 Å². The van der Waals surface area contributed by atoms with Crippen LogP contribution < -0.4 is 14.8 Å². The first-order valence-electron chi connectivity index (χ1n) is 6.72. The van der Waals surface area contributed by atoms with Crippen LogP contribution in [0.3, 0.4) is 0 Å². The number of rotatable bonds is 5.